The van der Waals surface area contributed by atoms with Crippen molar-refractivity contribution in [3.63, 3.8) is 0 Å². The molecule has 0 fully saturated rings. The molecule has 7 nitrogen and oxygen atoms in total. The van der Waals surface area contributed by atoms with Crippen LogP contribution in [0.3, 0.4) is 0 Å². The maximum atomic E-state index is 12.2. The van der Waals surface area contributed by atoms with E-state index in [0.717, 1.165) is 17.8 Å². The zero-order chi connectivity index (χ0) is 15.4. The SMILES string of the molecule is CCNc1cnc(C(=O)NC(C)c2c(C)noc2C)cn1. The van der Waals surface area contributed by atoms with Crippen molar-refractivity contribution in [1.82, 2.24) is 20.4 Å². The van der Waals surface area contributed by atoms with Crippen molar-refractivity contribution in [2.45, 2.75) is 33.7 Å². The van der Waals surface area contributed by atoms with E-state index in [1.165, 1.54) is 6.20 Å². The number of aryl methyl sites for hydroxylation is 2. The number of rotatable bonds is 5. The smallest absolute Gasteiger partial charge is 0.271 e. The van der Waals surface area contributed by atoms with Gasteiger partial charge in [0.1, 0.15) is 17.3 Å². The second-order valence-electron chi connectivity index (χ2n) is 4.75. The number of hydrogen-bond acceptors (Lipinski definition) is 6. The van der Waals surface area contributed by atoms with Crippen LogP contribution in [0.4, 0.5) is 5.82 Å². The van der Waals surface area contributed by atoms with Crippen LogP contribution in [-0.4, -0.2) is 27.6 Å². The summed E-state index contributed by atoms with van der Waals surface area (Å²) in [5, 5.41) is 9.78. The highest BCUT2D eigenvalue weighted by atomic mass is 16.5. The lowest BCUT2D eigenvalue weighted by Crippen LogP contribution is -2.28. The molecule has 1 unspecified atom stereocenters. The monoisotopic (exact) mass is 289 g/mol. The van der Waals surface area contributed by atoms with Crippen LogP contribution in [0.5, 0.6) is 0 Å². The maximum absolute atomic E-state index is 12.2. The lowest BCUT2D eigenvalue weighted by atomic mass is 10.1. The molecular formula is C14H19N5O2. The summed E-state index contributed by atoms with van der Waals surface area (Å²) in [7, 11) is 0. The highest BCUT2D eigenvalue weighted by Gasteiger charge is 2.19. The molecule has 21 heavy (non-hydrogen) atoms. The molecule has 0 aliphatic rings. The summed E-state index contributed by atoms with van der Waals surface area (Å²) < 4.78 is 5.11. The van der Waals surface area contributed by atoms with Gasteiger partial charge in [0.05, 0.1) is 24.1 Å². The van der Waals surface area contributed by atoms with Gasteiger partial charge in [-0.05, 0) is 27.7 Å². The van der Waals surface area contributed by atoms with Crippen LogP contribution in [0.15, 0.2) is 16.9 Å². The predicted octanol–water partition coefficient (Wildman–Crippen LogP) is 2.00. The van der Waals surface area contributed by atoms with Gasteiger partial charge in [0.2, 0.25) is 0 Å². The fourth-order valence-electron chi connectivity index (χ4n) is 2.17. The lowest BCUT2D eigenvalue weighted by Gasteiger charge is -2.13. The first-order valence-corrected chi connectivity index (χ1v) is 6.82. The molecule has 0 aliphatic heterocycles. The number of anilines is 1. The van der Waals surface area contributed by atoms with E-state index in [9.17, 15) is 4.79 Å². The van der Waals surface area contributed by atoms with Crippen LogP contribution in [-0.2, 0) is 0 Å². The second kappa shape index (κ2) is 6.34. The van der Waals surface area contributed by atoms with Crippen LogP contribution in [0.25, 0.3) is 0 Å². The Morgan fingerprint density at radius 2 is 2.10 bits per heavy atom. The molecule has 2 heterocycles. The van der Waals surface area contributed by atoms with E-state index >= 15 is 0 Å². The van der Waals surface area contributed by atoms with Crippen molar-refractivity contribution in [2.24, 2.45) is 0 Å². The number of nitrogens with zero attached hydrogens (tertiary/aromatic N) is 3. The van der Waals surface area contributed by atoms with Gasteiger partial charge in [0.25, 0.3) is 5.91 Å². The van der Waals surface area contributed by atoms with Crippen LogP contribution in [0, 0.1) is 13.8 Å². The van der Waals surface area contributed by atoms with E-state index in [2.05, 4.69) is 25.8 Å². The zero-order valence-corrected chi connectivity index (χ0v) is 12.6. The number of aromatic nitrogens is 3. The highest BCUT2D eigenvalue weighted by molar-refractivity contribution is 5.92. The standard InChI is InChI=1S/C14H19N5O2/c1-5-15-12-7-16-11(6-17-12)14(20)18-8(2)13-9(3)19-21-10(13)4/h6-8H,5H2,1-4H3,(H,15,17)(H,18,20). The summed E-state index contributed by atoms with van der Waals surface area (Å²) in [5.74, 6) is 1.07. The number of carbonyl (C=O) groups excluding carboxylic acids is 1. The molecule has 0 saturated carbocycles. The molecule has 2 aromatic heterocycles. The molecule has 2 aromatic rings. The first-order chi connectivity index (χ1) is 10.0. The van der Waals surface area contributed by atoms with E-state index < -0.39 is 0 Å². The molecule has 0 spiro atoms. The van der Waals surface area contributed by atoms with Crippen molar-refractivity contribution < 1.29 is 9.32 Å². The summed E-state index contributed by atoms with van der Waals surface area (Å²) in [4.78, 5) is 20.4. The van der Waals surface area contributed by atoms with E-state index in [0.29, 0.717) is 11.6 Å². The molecule has 0 aliphatic carbocycles. The molecule has 7 heteroatoms. The normalized spacial score (nSPS) is 12.0. The summed E-state index contributed by atoms with van der Waals surface area (Å²) in [6, 6.07) is -0.209. The zero-order valence-electron chi connectivity index (χ0n) is 12.6. The van der Waals surface area contributed by atoms with Gasteiger partial charge in [0, 0.05) is 12.1 Å². The lowest BCUT2D eigenvalue weighted by molar-refractivity contribution is 0.0934. The molecule has 0 bridgehead atoms. The van der Waals surface area contributed by atoms with Crippen molar-refractivity contribution in [3.8, 4) is 0 Å². The van der Waals surface area contributed by atoms with Crippen molar-refractivity contribution in [3.05, 3.63) is 35.1 Å². The highest BCUT2D eigenvalue weighted by Crippen LogP contribution is 2.21. The van der Waals surface area contributed by atoms with Gasteiger partial charge in [-0.3, -0.25) is 4.79 Å². The van der Waals surface area contributed by atoms with Crippen molar-refractivity contribution in [1.29, 1.82) is 0 Å². The Labute approximate surface area is 123 Å². The van der Waals surface area contributed by atoms with Gasteiger partial charge in [0.15, 0.2) is 0 Å². The first kappa shape index (κ1) is 15.0. The number of carbonyl (C=O) groups is 1. The van der Waals surface area contributed by atoms with E-state index in [4.69, 9.17) is 4.52 Å². The maximum Gasteiger partial charge on any atom is 0.271 e. The number of hydrogen-bond donors (Lipinski definition) is 2. The second-order valence-corrected chi connectivity index (χ2v) is 4.75. The number of nitrogens with one attached hydrogen (secondary N) is 2. The van der Waals surface area contributed by atoms with Crippen LogP contribution in [0.2, 0.25) is 0 Å². The van der Waals surface area contributed by atoms with Crippen LogP contribution >= 0.6 is 0 Å². The minimum absolute atomic E-state index is 0.209. The predicted molar refractivity (Wildman–Crippen MR) is 78.1 cm³/mol. The third-order valence-electron chi connectivity index (χ3n) is 3.11. The van der Waals surface area contributed by atoms with Crippen LogP contribution < -0.4 is 10.6 Å². The minimum atomic E-state index is -0.280. The largest absolute Gasteiger partial charge is 0.369 e. The molecule has 0 saturated heterocycles. The Balaban J connectivity index is 2.07. The van der Waals surface area contributed by atoms with Crippen molar-refractivity contribution in [2.75, 3.05) is 11.9 Å². The Morgan fingerprint density at radius 1 is 1.33 bits per heavy atom. The average Bonchev–Trinajstić information content (AvgIpc) is 2.79. The summed E-state index contributed by atoms with van der Waals surface area (Å²) in [5.41, 5.74) is 1.93. The molecule has 0 radical (unpaired) electrons. The fraction of sp³-hybridized carbons (Fsp3) is 0.429. The van der Waals surface area contributed by atoms with Gasteiger partial charge < -0.3 is 15.2 Å². The fourth-order valence-corrected chi connectivity index (χ4v) is 2.17. The van der Waals surface area contributed by atoms with Gasteiger partial charge in [-0.2, -0.15) is 0 Å². The van der Waals surface area contributed by atoms with Gasteiger partial charge in [-0.25, -0.2) is 9.97 Å². The van der Waals surface area contributed by atoms with Crippen LogP contribution in [0.1, 0.15) is 47.4 Å². The molecular weight excluding hydrogens is 270 g/mol. The van der Waals surface area contributed by atoms with E-state index in [1.54, 1.807) is 6.20 Å². The molecule has 2 rings (SSSR count). The molecule has 2 N–H and O–H groups in total. The first-order valence-electron chi connectivity index (χ1n) is 6.82. The van der Waals surface area contributed by atoms with E-state index in [1.807, 2.05) is 27.7 Å². The Morgan fingerprint density at radius 3 is 2.62 bits per heavy atom. The number of amides is 1. The molecule has 0 aromatic carbocycles. The Hall–Kier alpha value is -2.44. The topological polar surface area (TPSA) is 92.9 Å². The summed E-state index contributed by atoms with van der Waals surface area (Å²) in [6.07, 6.45) is 2.99. The average molecular weight is 289 g/mol. The third-order valence-corrected chi connectivity index (χ3v) is 3.11. The van der Waals surface area contributed by atoms with E-state index in [-0.39, 0.29) is 17.6 Å². The Bertz CT molecular complexity index is 601. The molecule has 112 valence electrons. The van der Waals surface area contributed by atoms with Gasteiger partial charge >= 0.3 is 0 Å². The van der Waals surface area contributed by atoms with Gasteiger partial charge in [-0.15, -0.1) is 0 Å². The third kappa shape index (κ3) is 3.36. The summed E-state index contributed by atoms with van der Waals surface area (Å²) >= 11 is 0. The van der Waals surface area contributed by atoms with Crippen molar-refractivity contribution >= 4 is 11.7 Å². The summed E-state index contributed by atoms with van der Waals surface area (Å²) in [6.45, 7) is 8.27. The molecule has 1 atom stereocenters. The quantitative estimate of drug-likeness (QED) is 0.874. The Kier molecular flexibility index (Phi) is 4.52. The van der Waals surface area contributed by atoms with Gasteiger partial charge in [-0.1, -0.05) is 5.16 Å². The molecule has 1 amide bonds. The minimum Gasteiger partial charge on any atom is -0.369 e.